The highest BCUT2D eigenvalue weighted by Gasteiger charge is 2.38. The minimum atomic E-state index is -1.82. The van der Waals surface area contributed by atoms with E-state index in [0.29, 0.717) is 6.61 Å². The third kappa shape index (κ3) is 6.91. The van der Waals surface area contributed by atoms with Gasteiger partial charge in [-0.05, 0) is 36.5 Å². The molecule has 3 nitrogen and oxygen atoms in total. The molecule has 0 aromatic heterocycles. The summed E-state index contributed by atoms with van der Waals surface area (Å²) in [6.07, 6.45) is 0. The third-order valence-corrected chi connectivity index (χ3v) is 11.2. The predicted octanol–water partition coefficient (Wildman–Crippen LogP) is 6.63. The van der Waals surface area contributed by atoms with Gasteiger partial charge in [0.1, 0.15) is 8.07 Å². The van der Waals surface area contributed by atoms with Crippen molar-refractivity contribution < 1.29 is 13.9 Å². The molecule has 0 aliphatic carbocycles. The van der Waals surface area contributed by atoms with Gasteiger partial charge >= 0.3 is 0 Å². The second-order valence-corrected chi connectivity index (χ2v) is 20.1. The van der Waals surface area contributed by atoms with Crippen molar-refractivity contribution in [1.82, 2.24) is 0 Å². The van der Waals surface area contributed by atoms with Crippen LogP contribution < -0.4 is 9.47 Å². The predicted molar refractivity (Wildman–Crippen MR) is 130 cm³/mol. The van der Waals surface area contributed by atoms with Gasteiger partial charge < -0.3 is 13.9 Å². The Hall–Kier alpha value is -1.23. The molecular weight excluding hydrogens is 392 g/mol. The first kappa shape index (κ1) is 25.8. The molecule has 5 heteroatoms. The van der Waals surface area contributed by atoms with Gasteiger partial charge in [-0.3, -0.25) is 0 Å². The number of benzene rings is 1. The summed E-state index contributed by atoms with van der Waals surface area (Å²) in [7, 11) is 0.0726. The summed E-state index contributed by atoms with van der Waals surface area (Å²) in [4.78, 5) is 0. The quantitative estimate of drug-likeness (QED) is 0.356. The monoisotopic (exact) mass is 434 g/mol. The van der Waals surface area contributed by atoms with Gasteiger partial charge in [-0.25, -0.2) is 0 Å². The average Bonchev–Trinajstić information content (AvgIpc) is 2.58. The van der Waals surface area contributed by atoms with Crippen LogP contribution in [-0.2, 0) is 4.43 Å². The summed E-state index contributed by atoms with van der Waals surface area (Å²) in [5, 5.41) is 0.191. The van der Waals surface area contributed by atoms with Crippen LogP contribution in [0.1, 0.15) is 44.7 Å². The Labute approximate surface area is 181 Å². The summed E-state index contributed by atoms with van der Waals surface area (Å²) < 4.78 is 18.0. The molecular formula is C24H42O3Si2. The zero-order valence-electron chi connectivity index (χ0n) is 20.7. The third-order valence-electron chi connectivity index (χ3n) is 5.77. The summed E-state index contributed by atoms with van der Waals surface area (Å²) in [6, 6.07) is 4.24. The molecule has 1 aromatic carbocycles. The fourth-order valence-electron chi connectivity index (χ4n) is 2.86. The van der Waals surface area contributed by atoms with Crippen LogP contribution in [0.15, 0.2) is 12.1 Å². The highest BCUT2D eigenvalue weighted by atomic mass is 28.4. The normalized spacial score (nSPS) is 14.6. The molecule has 0 fully saturated rings. The molecule has 0 saturated heterocycles. The molecule has 0 aliphatic heterocycles. The van der Waals surface area contributed by atoms with Crippen molar-refractivity contribution in [3.8, 4) is 23.0 Å². The zero-order chi connectivity index (χ0) is 22.6. The fraction of sp³-hybridized carbons (Fsp3) is 0.667. The van der Waals surface area contributed by atoms with Crippen LogP contribution in [0.3, 0.4) is 0 Å². The Morgan fingerprint density at radius 3 is 1.97 bits per heavy atom. The molecule has 0 radical (unpaired) electrons. The van der Waals surface area contributed by atoms with E-state index in [2.05, 4.69) is 84.0 Å². The van der Waals surface area contributed by atoms with Gasteiger partial charge in [-0.1, -0.05) is 59.5 Å². The van der Waals surface area contributed by atoms with Crippen molar-refractivity contribution in [3.63, 3.8) is 0 Å². The maximum atomic E-state index is 6.55. The van der Waals surface area contributed by atoms with Crippen LogP contribution in [0, 0.1) is 24.3 Å². The topological polar surface area (TPSA) is 27.7 Å². The highest BCUT2D eigenvalue weighted by molar-refractivity contribution is 6.83. The van der Waals surface area contributed by atoms with E-state index >= 15 is 0 Å². The average molecular weight is 435 g/mol. The van der Waals surface area contributed by atoms with Gasteiger partial charge in [0.05, 0.1) is 20.1 Å². The van der Waals surface area contributed by atoms with E-state index in [1.807, 2.05) is 6.92 Å². The number of hydrogen-bond donors (Lipinski definition) is 0. The van der Waals surface area contributed by atoms with Crippen molar-refractivity contribution in [1.29, 1.82) is 0 Å². The summed E-state index contributed by atoms with van der Waals surface area (Å²) in [6.45, 7) is 23.3. The molecule has 0 amide bonds. The Morgan fingerprint density at radius 2 is 1.52 bits per heavy atom. The van der Waals surface area contributed by atoms with E-state index in [0.717, 1.165) is 22.6 Å². The molecule has 2 atom stereocenters. The highest BCUT2D eigenvalue weighted by Crippen LogP contribution is 2.42. The Kier molecular flexibility index (Phi) is 8.65. The second-order valence-electron chi connectivity index (χ2n) is 10.6. The molecule has 0 N–H and O–H groups in total. The smallest absolute Gasteiger partial charge is 0.191 e. The van der Waals surface area contributed by atoms with Crippen molar-refractivity contribution in [2.75, 3.05) is 20.8 Å². The maximum absolute atomic E-state index is 6.55. The van der Waals surface area contributed by atoms with Crippen LogP contribution in [-0.4, -0.2) is 37.2 Å². The minimum Gasteiger partial charge on any atom is -0.493 e. The lowest BCUT2D eigenvalue weighted by molar-refractivity contribution is 0.228. The van der Waals surface area contributed by atoms with Crippen LogP contribution in [0.25, 0.3) is 0 Å². The number of hydrogen-bond acceptors (Lipinski definition) is 3. The lowest BCUT2D eigenvalue weighted by Crippen LogP contribution is -2.42. The van der Waals surface area contributed by atoms with Crippen molar-refractivity contribution in [2.45, 2.75) is 78.3 Å². The summed E-state index contributed by atoms with van der Waals surface area (Å²) in [5.41, 5.74) is 5.74. The number of methoxy groups -OCH3 is 2. The Morgan fingerprint density at radius 1 is 0.966 bits per heavy atom. The van der Waals surface area contributed by atoms with Gasteiger partial charge in [0.2, 0.25) is 0 Å². The summed E-state index contributed by atoms with van der Waals surface area (Å²) in [5.74, 6) is 5.48. The molecule has 0 bridgehead atoms. The summed E-state index contributed by atoms with van der Waals surface area (Å²) >= 11 is 0. The van der Waals surface area contributed by atoms with Crippen molar-refractivity contribution in [3.05, 3.63) is 23.3 Å². The first-order valence-electron chi connectivity index (χ1n) is 10.5. The second kappa shape index (κ2) is 9.72. The van der Waals surface area contributed by atoms with Gasteiger partial charge in [-0.15, -0.1) is 11.5 Å². The molecule has 1 rings (SSSR count). The molecule has 1 aromatic rings. The first-order valence-corrected chi connectivity index (χ1v) is 16.9. The lowest BCUT2D eigenvalue weighted by atomic mass is 9.87. The SMILES string of the molecule is COc1c(C)ccc([C@@H](C#C[Si](C)(C)C)[C@@H](C)CO[Si](C)(C)C(C)(C)C)c1OC. The Bertz CT molecular complexity index is 746. The van der Waals surface area contributed by atoms with E-state index < -0.39 is 16.4 Å². The van der Waals surface area contributed by atoms with E-state index in [-0.39, 0.29) is 16.9 Å². The van der Waals surface area contributed by atoms with E-state index in [4.69, 9.17) is 13.9 Å². The number of ether oxygens (including phenoxy) is 2. The molecule has 0 aliphatic rings. The molecule has 29 heavy (non-hydrogen) atoms. The standard InChI is InChI=1S/C24H42O3Si2/c1-18-13-14-21(23(26-7)22(18)25-6)20(15-16-28(8,9)10)19(2)17-27-29(11,12)24(3,4)5/h13-14,19-20H,17H2,1-12H3/t19-,20-/m0/s1. The van der Waals surface area contributed by atoms with Crippen LogP contribution in [0.4, 0.5) is 0 Å². The number of rotatable bonds is 7. The Balaban J connectivity index is 3.38. The van der Waals surface area contributed by atoms with Gasteiger partial charge in [0.15, 0.2) is 19.8 Å². The van der Waals surface area contributed by atoms with E-state index in [1.54, 1.807) is 14.2 Å². The lowest BCUT2D eigenvalue weighted by Gasteiger charge is -2.37. The van der Waals surface area contributed by atoms with Crippen molar-refractivity contribution in [2.24, 2.45) is 5.92 Å². The first-order chi connectivity index (χ1) is 13.1. The largest absolute Gasteiger partial charge is 0.493 e. The maximum Gasteiger partial charge on any atom is 0.191 e. The van der Waals surface area contributed by atoms with E-state index in [1.165, 1.54) is 0 Å². The number of aryl methyl sites for hydroxylation is 1. The van der Waals surface area contributed by atoms with Crippen LogP contribution >= 0.6 is 0 Å². The molecule has 164 valence electrons. The van der Waals surface area contributed by atoms with Gasteiger partial charge in [-0.2, -0.15) is 0 Å². The minimum absolute atomic E-state index is 0.0379. The van der Waals surface area contributed by atoms with Crippen LogP contribution in [0.2, 0.25) is 37.8 Å². The molecule has 0 saturated carbocycles. The zero-order valence-corrected chi connectivity index (χ0v) is 22.7. The van der Waals surface area contributed by atoms with E-state index in [9.17, 15) is 0 Å². The van der Waals surface area contributed by atoms with Gasteiger partial charge in [0.25, 0.3) is 0 Å². The molecule has 0 unspecified atom stereocenters. The van der Waals surface area contributed by atoms with Crippen molar-refractivity contribution >= 4 is 16.4 Å². The van der Waals surface area contributed by atoms with Crippen LogP contribution in [0.5, 0.6) is 11.5 Å². The fourth-order valence-corrected chi connectivity index (χ4v) is 4.56. The molecule has 0 spiro atoms. The molecule has 0 heterocycles. The van der Waals surface area contributed by atoms with Gasteiger partial charge in [0, 0.05) is 12.2 Å².